The van der Waals surface area contributed by atoms with E-state index in [-0.39, 0.29) is 11.1 Å². The van der Waals surface area contributed by atoms with Crippen LogP contribution in [0.15, 0.2) is 36.4 Å². The van der Waals surface area contributed by atoms with E-state index in [4.69, 9.17) is 9.47 Å². The van der Waals surface area contributed by atoms with Gasteiger partial charge < -0.3 is 9.47 Å². The van der Waals surface area contributed by atoms with E-state index in [1.54, 1.807) is 12.1 Å². The maximum atomic E-state index is 13.7. The Bertz CT molecular complexity index is 698. The Morgan fingerprint density at radius 2 is 1.71 bits per heavy atom. The largest absolute Gasteiger partial charge is 0.490 e. The molecule has 0 aromatic heterocycles. The van der Waals surface area contributed by atoms with Crippen LogP contribution in [0.25, 0.3) is 0 Å². The molecule has 0 bridgehead atoms. The first-order valence-corrected chi connectivity index (χ1v) is 6.54. The molecule has 1 heterocycles. The van der Waals surface area contributed by atoms with Gasteiger partial charge in [0.2, 0.25) is 0 Å². The molecule has 2 aromatic carbocycles. The number of fused-ring (bicyclic) bond motifs is 1. The zero-order valence-electron chi connectivity index (χ0n) is 11.1. The number of ether oxygens (including phenoxy) is 2. The molecule has 0 aliphatic carbocycles. The lowest BCUT2D eigenvalue weighted by molar-refractivity contribution is 0.103. The summed E-state index contributed by atoms with van der Waals surface area (Å²) in [6.45, 7) is 1.04. The monoisotopic (exact) mass is 290 g/mol. The van der Waals surface area contributed by atoms with Gasteiger partial charge in [0, 0.05) is 18.1 Å². The molecule has 0 radical (unpaired) electrons. The van der Waals surface area contributed by atoms with E-state index in [0.29, 0.717) is 30.8 Å². The number of ketones is 1. The first-order valence-electron chi connectivity index (χ1n) is 6.54. The van der Waals surface area contributed by atoms with Crippen LogP contribution >= 0.6 is 0 Å². The van der Waals surface area contributed by atoms with E-state index in [2.05, 4.69) is 0 Å². The third-order valence-electron chi connectivity index (χ3n) is 3.19. The van der Waals surface area contributed by atoms with Crippen molar-refractivity contribution in [2.24, 2.45) is 0 Å². The number of hydrogen-bond donors (Lipinski definition) is 0. The Hall–Kier alpha value is -2.43. The van der Waals surface area contributed by atoms with Gasteiger partial charge in [-0.15, -0.1) is 0 Å². The molecule has 3 rings (SSSR count). The minimum absolute atomic E-state index is 0.175. The molecule has 21 heavy (non-hydrogen) atoms. The quantitative estimate of drug-likeness (QED) is 0.796. The summed E-state index contributed by atoms with van der Waals surface area (Å²) < 4.78 is 37.5. The van der Waals surface area contributed by atoms with Gasteiger partial charge in [0.05, 0.1) is 18.8 Å². The second kappa shape index (κ2) is 5.52. The third-order valence-corrected chi connectivity index (χ3v) is 3.19. The summed E-state index contributed by atoms with van der Waals surface area (Å²) in [7, 11) is 0. The summed E-state index contributed by atoms with van der Waals surface area (Å²) in [5.74, 6) is -1.11. The van der Waals surface area contributed by atoms with Crippen LogP contribution in [0.1, 0.15) is 22.3 Å². The lowest BCUT2D eigenvalue weighted by Gasteiger charge is -2.09. The Morgan fingerprint density at radius 1 is 0.952 bits per heavy atom. The molecule has 0 amide bonds. The molecule has 2 aromatic rings. The van der Waals surface area contributed by atoms with E-state index in [1.807, 2.05) is 0 Å². The smallest absolute Gasteiger partial charge is 0.196 e. The predicted octanol–water partition coefficient (Wildman–Crippen LogP) is 3.36. The highest BCUT2D eigenvalue weighted by Crippen LogP contribution is 2.31. The van der Waals surface area contributed by atoms with E-state index >= 15 is 0 Å². The second-order valence-electron chi connectivity index (χ2n) is 4.67. The highest BCUT2D eigenvalue weighted by Gasteiger charge is 2.18. The number of carbonyl (C=O) groups is 1. The molecule has 3 nitrogen and oxygen atoms in total. The van der Waals surface area contributed by atoms with Gasteiger partial charge in [0.15, 0.2) is 17.3 Å². The van der Waals surface area contributed by atoms with Crippen LogP contribution in [0.4, 0.5) is 8.78 Å². The lowest BCUT2D eigenvalue weighted by Crippen LogP contribution is -2.05. The molecule has 108 valence electrons. The summed E-state index contributed by atoms with van der Waals surface area (Å²) in [4.78, 5) is 12.3. The molecule has 0 saturated carbocycles. The van der Waals surface area contributed by atoms with Crippen molar-refractivity contribution in [2.45, 2.75) is 6.42 Å². The summed E-state index contributed by atoms with van der Waals surface area (Å²) in [6.07, 6.45) is 0.755. The van der Waals surface area contributed by atoms with Crippen molar-refractivity contribution < 1.29 is 23.0 Å². The van der Waals surface area contributed by atoms with Crippen molar-refractivity contribution in [2.75, 3.05) is 13.2 Å². The Labute approximate surface area is 120 Å². The Morgan fingerprint density at radius 3 is 2.48 bits per heavy atom. The third kappa shape index (κ3) is 2.72. The van der Waals surface area contributed by atoms with E-state index < -0.39 is 17.4 Å². The number of halogens is 2. The van der Waals surface area contributed by atoms with Gasteiger partial charge in [-0.05, 0) is 30.3 Å². The van der Waals surface area contributed by atoms with Crippen molar-refractivity contribution in [3.8, 4) is 11.5 Å². The van der Waals surface area contributed by atoms with Crippen LogP contribution in [0, 0.1) is 11.6 Å². The average molecular weight is 290 g/mol. The Balaban J connectivity index is 1.96. The fraction of sp³-hybridized carbons (Fsp3) is 0.188. The molecule has 1 aliphatic rings. The van der Waals surface area contributed by atoms with Crippen LogP contribution in [0.3, 0.4) is 0 Å². The van der Waals surface area contributed by atoms with Gasteiger partial charge in [0.25, 0.3) is 0 Å². The van der Waals surface area contributed by atoms with Gasteiger partial charge in [-0.2, -0.15) is 0 Å². The molecule has 0 spiro atoms. The van der Waals surface area contributed by atoms with Gasteiger partial charge in [-0.1, -0.05) is 0 Å². The molecule has 0 unspecified atom stereocenters. The standard InChI is InChI=1S/C16H12F2O3/c17-11-3-4-12(13(18)9-11)16(19)10-2-5-14-15(8-10)21-7-1-6-20-14/h2-5,8-9H,1,6-7H2. The van der Waals surface area contributed by atoms with Crippen LogP contribution in [-0.4, -0.2) is 19.0 Å². The molecular weight excluding hydrogens is 278 g/mol. The summed E-state index contributed by atoms with van der Waals surface area (Å²) in [6, 6.07) is 7.56. The van der Waals surface area contributed by atoms with Crippen LogP contribution in [-0.2, 0) is 0 Å². The maximum absolute atomic E-state index is 13.7. The first kappa shape index (κ1) is 13.5. The van der Waals surface area contributed by atoms with E-state index in [0.717, 1.165) is 18.6 Å². The van der Waals surface area contributed by atoms with Gasteiger partial charge in [-0.25, -0.2) is 8.78 Å². The number of rotatable bonds is 2. The normalized spacial score (nSPS) is 13.6. The van der Waals surface area contributed by atoms with Crippen molar-refractivity contribution in [3.63, 3.8) is 0 Å². The second-order valence-corrected chi connectivity index (χ2v) is 4.67. The highest BCUT2D eigenvalue weighted by molar-refractivity contribution is 6.09. The van der Waals surface area contributed by atoms with Crippen LogP contribution in [0.2, 0.25) is 0 Å². The van der Waals surface area contributed by atoms with Crippen molar-refractivity contribution in [1.29, 1.82) is 0 Å². The molecule has 1 aliphatic heterocycles. The fourth-order valence-electron chi connectivity index (χ4n) is 2.13. The zero-order valence-corrected chi connectivity index (χ0v) is 11.1. The van der Waals surface area contributed by atoms with Crippen molar-refractivity contribution >= 4 is 5.78 Å². The Kier molecular flexibility index (Phi) is 3.56. The molecule has 0 saturated heterocycles. The highest BCUT2D eigenvalue weighted by atomic mass is 19.1. The van der Waals surface area contributed by atoms with E-state index in [1.165, 1.54) is 6.07 Å². The fourth-order valence-corrected chi connectivity index (χ4v) is 2.13. The molecule has 0 fully saturated rings. The van der Waals surface area contributed by atoms with Gasteiger partial charge >= 0.3 is 0 Å². The predicted molar refractivity (Wildman–Crippen MR) is 71.8 cm³/mol. The molecule has 0 N–H and O–H groups in total. The van der Waals surface area contributed by atoms with E-state index in [9.17, 15) is 13.6 Å². The SMILES string of the molecule is O=C(c1ccc2c(c1)OCCCO2)c1ccc(F)cc1F. The minimum Gasteiger partial charge on any atom is -0.490 e. The number of carbonyl (C=O) groups excluding carboxylic acids is 1. The number of hydrogen-bond acceptors (Lipinski definition) is 3. The van der Waals surface area contributed by atoms with Gasteiger partial charge in [0.1, 0.15) is 11.6 Å². The molecular formula is C16H12F2O3. The first-order chi connectivity index (χ1) is 10.1. The lowest BCUT2D eigenvalue weighted by atomic mass is 10.0. The number of benzene rings is 2. The van der Waals surface area contributed by atoms with Crippen LogP contribution < -0.4 is 9.47 Å². The maximum Gasteiger partial charge on any atom is 0.196 e. The zero-order chi connectivity index (χ0) is 14.8. The average Bonchev–Trinajstić information content (AvgIpc) is 2.71. The molecule has 5 heteroatoms. The summed E-state index contributed by atoms with van der Waals surface area (Å²) >= 11 is 0. The van der Waals surface area contributed by atoms with Crippen molar-refractivity contribution in [3.05, 3.63) is 59.2 Å². The van der Waals surface area contributed by atoms with Crippen molar-refractivity contribution in [1.82, 2.24) is 0 Å². The summed E-state index contributed by atoms with van der Waals surface area (Å²) in [5.41, 5.74) is 0.0932. The van der Waals surface area contributed by atoms with Crippen LogP contribution in [0.5, 0.6) is 11.5 Å². The topological polar surface area (TPSA) is 35.5 Å². The summed E-state index contributed by atoms with van der Waals surface area (Å²) in [5, 5.41) is 0. The molecule has 0 atom stereocenters. The van der Waals surface area contributed by atoms with Gasteiger partial charge in [-0.3, -0.25) is 4.79 Å². The minimum atomic E-state index is -0.882.